The predicted octanol–water partition coefficient (Wildman–Crippen LogP) is 3.58. The molecule has 2 rings (SSSR count). The molecule has 0 bridgehead atoms. The van der Waals surface area contributed by atoms with E-state index < -0.39 is 18.6 Å². The Morgan fingerprint density at radius 3 is 2.17 bits per heavy atom. The molecule has 162 valence electrons. The van der Waals surface area contributed by atoms with E-state index in [-0.39, 0.29) is 11.9 Å². The Morgan fingerprint density at radius 1 is 1.03 bits per heavy atom. The van der Waals surface area contributed by atoms with Gasteiger partial charge in [0.2, 0.25) is 5.91 Å². The minimum atomic E-state index is -0.963. The van der Waals surface area contributed by atoms with Crippen LogP contribution in [0.4, 0.5) is 0 Å². The molecule has 29 heavy (non-hydrogen) atoms. The molecule has 1 saturated carbocycles. The smallest absolute Gasteiger partial charge is 0.252 e. The zero-order valence-corrected chi connectivity index (χ0v) is 17.6. The average molecular weight is 405 g/mol. The quantitative estimate of drug-likeness (QED) is 0.676. The van der Waals surface area contributed by atoms with E-state index >= 15 is 0 Å². The zero-order chi connectivity index (χ0) is 20.9. The van der Waals surface area contributed by atoms with Gasteiger partial charge in [-0.25, -0.2) is 0 Å². The van der Waals surface area contributed by atoms with Crippen molar-refractivity contribution in [2.24, 2.45) is 0 Å². The number of carbonyl (C=O) groups is 2. The molecule has 0 radical (unpaired) electrons. The van der Waals surface area contributed by atoms with Crippen molar-refractivity contribution in [3.05, 3.63) is 29.8 Å². The van der Waals surface area contributed by atoms with Gasteiger partial charge in [0.05, 0.1) is 13.7 Å². The molecule has 1 aromatic carbocycles. The van der Waals surface area contributed by atoms with Gasteiger partial charge in [-0.1, -0.05) is 63.9 Å². The lowest BCUT2D eigenvalue weighted by Crippen LogP contribution is -2.51. The van der Waals surface area contributed by atoms with Gasteiger partial charge in [0.25, 0.3) is 5.91 Å². The first-order valence-corrected chi connectivity index (χ1v) is 11.0. The number of methoxy groups -OCH3 is 1. The molecule has 2 amide bonds. The van der Waals surface area contributed by atoms with Crippen LogP contribution in [0.15, 0.2) is 24.3 Å². The molecule has 0 spiro atoms. The minimum absolute atomic E-state index is 0.102. The Bertz CT molecular complexity index is 623. The highest BCUT2D eigenvalue weighted by Gasteiger charge is 2.23. The van der Waals surface area contributed by atoms with E-state index in [2.05, 4.69) is 10.6 Å². The van der Waals surface area contributed by atoms with Gasteiger partial charge in [-0.05, 0) is 31.0 Å². The van der Waals surface area contributed by atoms with Gasteiger partial charge < -0.3 is 20.5 Å². The fraction of sp³-hybridized carbons (Fsp3) is 0.652. The second kappa shape index (κ2) is 13.2. The lowest BCUT2D eigenvalue weighted by Gasteiger charge is -2.23. The lowest BCUT2D eigenvalue weighted by molar-refractivity contribution is -0.124. The molecule has 0 aromatic heterocycles. The number of rotatable bonds is 6. The van der Waals surface area contributed by atoms with E-state index in [1.807, 2.05) is 0 Å². The molecule has 1 atom stereocenters. The van der Waals surface area contributed by atoms with Gasteiger partial charge in [0, 0.05) is 11.6 Å². The molecule has 1 aliphatic rings. The summed E-state index contributed by atoms with van der Waals surface area (Å²) in [6.45, 7) is -0.436. The van der Waals surface area contributed by atoms with E-state index in [0.717, 1.165) is 25.7 Å². The highest BCUT2D eigenvalue weighted by molar-refractivity contribution is 5.97. The van der Waals surface area contributed by atoms with Gasteiger partial charge in [-0.15, -0.1) is 0 Å². The predicted molar refractivity (Wildman–Crippen MR) is 114 cm³/mol. The monoisotopic (exact) mass is 404 g/mol. The number of aliphatic hydroxyl groups is 1. The summed E-state index contributed by atoms with van der Waals surface area (Å²) in [5, 5.41) is 15.4. The van der Waals surface area contributed by atoms with Crippen molar-refractivity contribution in [2.75, 3.05) is 13.7 Å². The Hall–Kier alpha value is -2.08. The summed E-state index contributed by atoms with van der Waals surface area (Å²) in [5.74, 6) is -0.159. The van der Waals surface area contributed by atoms with Crippen molar-refractivity contribution < 1.29 is 19.4 Å². The van der Waals surface area contributed by atoms with E-state index in [1.165, 1.54) is 52.1 Å². The number of ether oxygens (including phenoxy) is 1. The summed E-state index contributed by atoms with van der Waals surface area (Å²) in [6, 6.07) is 5.86. The van der Waals surface area contributed by atoms with Crippen LogP contribution in [0.3, 0.4) is 0 Å². The Balaban J connectivity index is 1.91. The third kappa shape index (κ3) is 8.44. The molecule has 6 nitrogen and oxygen atoms in total. The van der Waals surface area contributed by atoms with Gasteiger partial charge in [-0.3, -0.25) is 9.59 Å². The maximum Gasteiger partial charge on any atom is 0.252 e. The second-order valence-electron chi connectivity index (χ2n) is 7.91. The second-order valence-corrected chi connectivity index (χ2v) is 7.91. The van der Waals surface area contributed by atoms with Crippen molar-refractivity contribution >= 4 is 11.8 Å². The standard InChI is InChI=1S/C23H36N2O4/c1-29-20-15-11-12-18(16-20)22(27)25-21(17-26)23(28)24-19-13-9-7-5-3-2-4-6-8-10-14-19/h11-12,15-16,19,21,26H,2-10,13-14,17H2,1H3,(H,24,28)(H,25,27)/t21-/m0/s1. The summed E-state index contributed by atoms with van der Waals surface area (Å²) >= 11 is 0. The van der Waals surface area contributed by atoms with Gasteiger partial charge in [0.15, 0.2) is 0 Å². The molecule has 1 aromatic rings. The van der Waals surface area contributed by atoms with Crippen LogP contribution in [-0.4, -0.2) is 42.7 Å². The number of carbonyl (C=O) groups excluding carboxylic acids is 2. The molecule has 1 fully saturated rings. The number of hydrogen-bond acceptors (Lipinski definition) is 4. The molecular weight excluding hydrogens is 368 g/mol. The summed E-state index contributed by atoms with van der Waals surface area (Å²) in [7, 11) is 1.53. The number of nitrogens with one attached hydrogen (secondary N) is 2. The van der Waals surface area contributed by atoms with Crippen LogP contribution >= 0.6 is 0 Å². The maximum absolute atomic E-state index is 12.7. The first kappa shape index (κ1) is 23.2. The van der Waals surface area contributed by atoms with Gasteiger partial charge in [0.1, 0.15) is 11.8 Å². The molecule has 0 unspecified atom stereocenters. The fourth-order valence-corrected chi connectivity index (χ4v) is 3.81. The van der Waals surface area contributed by atoms with Crippen molar-refractivity contribution in [2.45, 2.75) is 82.7 Å². The molecule has 0 aliphatic heterocycles. The number of hydrogen-bond donors (Lipinski definition) is 3. The average Bonchev–Trinajstić information content (AvgIpc) is 2.73. The molecule has 0 saturated heterocycles. The topological polar surface area (TPSA) is 87.7 Å². The third-order valence-electron chi connectivity index (χ3n) is 5.59. The van der Waals surface area contributed by atoms with E-state index in [4.69, 9.17) is 4.74 Å². The number of benzene rings is 1. The third-order valence-corrected chi connectivity index (χ3v) is 5.59. The first-order valence-electron chi connectivity index (χ1n) is 11.0. The SMILES string of the molecule is COc1cccc(C(=O)N[C@@H](CO)C(=O)NC2CCCCCCCCCCC2)c1. The fourth-order valence-electron chi connectivity index (χ4n) is 3.81. The summed E-state index contributed by atoms with van der Waals surface area (Å²) in [5.41, 5.74) is 0.390. The number of aliphatic hydroxyl groups excluding tert-OH is 1. The largest absolute Gasteiger partial charge is 0.497 e. The molecular formula is C23H36N2O4. The van der Waals surface area contributed by atoms with Crippen molar-refractivity contribution in [3.8, 4) is 5.75 Å². The zero-order valence-electron chi connectivity index (χ0n) is 17.6. The van der Waals surface area contributed by atoms with Crippen LogP contribution in [0.1, 0.15) is 81.0 Å². The minimum Gasteiger partial charge on any atom is -0.497 e. The van der Waals surface area contributed by atoms with Crippen LogP contribution < -0.4 is 15.4 Å². The van der Waals surface area contributed by atoms with Crippen LogP contribution in [0.25, 0.3) is 0 Å². The van der Waals surface area contributed by atoms with Gasteiger partial charge in [-0.2, -0.15) is 0 Å². The van der Waals surface area contributed by atoms with E-state index in [1.54, 1.807) is 24.3 Å². The Morgan fingerprint density at radius 2 is 1.62 bits per heavy atom. The van der Waals surface area contributed by atoms with Crippen LogP contribution in [0.5, 0.6) is 5.75 Å². The van der Waals surface area contributed by atoms with Crippen molar-refractivity contribution in [1.29, 1.82) is 0 Å². The summed E-state index contributed by atoms with van der Waals surface area (Å²) in [6.07, 6.45) is 13.0. The van der Waals surface area contributed by atoms with E-state index in [0.29, 0.717) is 11.3 Å². The lowest BCUT2D eigenvalue weighted by atomic mass is 9.97. The molecule has 6 heteroatoms. The highest BCUT2D eigenvalue weighted by Crippen LogP contribution is 2.17. The summed E-state index contributed by atoms with van der Waals surface area (Å²) < 4.78 is 5.13. The van der Waals surface area contributed by atoms with Crippen molar-refractivity contribution in [1.82, 2.24) is 10.6 Å². The van der Waals surface area contributed by atoms with Crippen molar-refractivity contribution in [3.63, 3.8) is 0 Å². The normalized spacial score (nSPS) is 18.0. The van der Waals surface area contributed by atoms with Gasteiger partial charge >= 0.3 is 0 Å². The van der Waals surface area contributed by atoms with Crippen LogP contribution in [0.2, 0.25) is 0 Å². The highest BCUT2D eigenvalue weighted by atomic mass is 16.5. The molecule has 3 N–H and O–H groups in total. The van der Waals surface area contributed by atoms with E-state index in [9.17, 15) is 14.7 Å². The summed E-state index contributed by atoms with van der Waals surface area (Å²) in [4.78, 5) is 25.2. The van der Waals surface area contributed by atoms with Crippen LogP contribution in [-0.2, 0) is 4.79 Å². The Labute approximate surface area is 174 Å². The first-order chi connectivity index (χ1) is 14.1. The Kier molecular flexibility index (Phi) is 10.6. The molecule has 0 heterocycles. The molecule has 1 aliphatic carbocycles. The number of amides is 2. The maximum atomic E-state index is 12.7. The van der Waals surface area contributed by atoms with Crippen LogP contribution in [0, 0.1) is 0 Å².